The number of rotatable bonds is 4. The standard InChI is InChI=1S/C27H15F2N3O4S/c28-21-12-11-17(14-22(21)29)37(35,36)31-16-6-3-5-15(13-16)27(34)32-23-10-4-9-20-24(23)25(30-32)18-7-1-2-8-19(18)26(20)33/h1-14,31H. The molecule has 1 heterocycles. The van der Waals surface area contributed by atoms with Gasteiger partial charge in [0.05, 0.1) is 10.4 Å². The lowest BCUT2D eigenvalue weighted by atomic mass is 9.87. The highest BCUT2D eigenvalue weighted by molar-refractivity contribution is 7.92. The number of fused-ring (bicyclic) bond motifs is 2. The van der Waals surface area contributed by atoms with Crippen molar-refractivity contribution < 1.29 is 26.8 Å². The van der Waals surface area contributed by atoms with Crippen LogP contribution in [0.5, 0.6) is 0 Å². The fourth-order valence-corrected chi connectivity index (χ4v) is 5.49. The van der Waals surface area contributed by atoms with E-state index in [0.717, 1.165) is 6.07 Å². The van der Waals surface area contributed by atoms with Gasteiger partial charge in [-0.2, -0.15) is 9.78 Å². The van der Waals surface area contributed by atoms with Gasteiger partial charge in [0.25, 0.3) is 15.9 Å². The molecule has 1 N–H and O–H groups in total. The first-order valence-corrected chi connectivity index (χ1v) is 12.5. The Hall–Kier alpha value is -4.70. The molecule has 0 atom stereocenters. The summed E-state index contributed by atoms with van der Waals surface area (Å²) in [5, 5.41) is 5.11. The molecule has 0 unspecified atom stereocenters. The maximum Gasteiger partial charge on any atom is 0.278 e. The number of sulfonamides is 1. The van der Waals surface area contributed by atoms with Gasteiger partial charge in [-0.05, 0) is 42.5 Å². The minimum absolute atomic E-state index is 0.0396. The number of nitrogens with one attached hydrogen (secondary N) is 1. The normalized spacial score (nSPS) is 12.4. The number of anilines is 1. The van der Waals surface area contributed by atoms with Gasteiger partial charge in [0.1, 0.15) is 5.69 Å². The molecule has 1 aromatic heterocycles. The molecular formula is C27H15F2N3O4S. The molecular weight excluding hydrogens is 500 g/mol. The smallest absolute Gasteiger partial charge is 0.278 e. The van der Waals surface area contributed by atoms with E-state index in [0.29, 0.717) is 45.4 Å². The molecule has 0 radical (unpaired) electrons. The summed E-state index contributed by atoms with van der Waals surface area (Å²) in [7, 11) is -4.26. The zero-order valence-corrected chi connectivity index (χ0v) is 19.6. The van der Waals surface area contributed by atoms with Crippen LogP contribution in [-0.2, 0) is 10.0 Å². The molecule has 37 heavy (non-hydrogen) atoms. The molecule has 10 heteroatoms. The maximum absolute atomic E-state index is 13.6. The van der Waals surface area contributed by atoms with Crippen LogP contribution in [0.2, 0.25) is 0 Å². The number of ketones is 1. The lowest BCUT2D eigenvalue weighted by Crippen LogP contribution is -2.16. The summed E-state index contributed by atoms with van der Waals surface area (Å²) in [6, 6.07) is 20.0. The summed E-state index contributed by atoms with van der Waals surface area (Å²) in [5.74, 6) is -3.18. The second kappa shape index (κ2) is 8.17. The number of aromatic nitrogens is 2. The van der Waals surface area contributed by atoms with E-state index in [2.05, 4.69) is 9.82 Å². The summed E-state index contributed by atoms with van der Waals surface area (Å²) in [6.45, 7) is 0. The van der Waals surface area contributed by atoms with E-state index in [1.54, 1.807) is 42.5 Å². The molecule has 0 spiro atoms. The van der Waals surface area contributed by atoms with E-state index in [9.17, 15) is 26.8 Å². The van der Waals surface area contributed by atoms with Crippen molar-refractivity contribution in [1.82, 2.24) is 9.78 Å². The van der Waals surface area contributed by atoms with Crippen molar-refractivity contribution >= 4 is 38.3 Å². The maximum atomic E-state index is 13.6. The van der Waals surface area contributed by atoms with Crippen LogP contribution in [0, 0.1) is 11.6 Å². The van der Waals surface area contributed by atoms with Crippen molar-refractivity contribution in [2.75, 3.05) is 4.72 Å². The Morgan fingerprint density at radius 3 is 2.32 bits per heavy atom. The average molecular weight is 515 g/mol. The second-order valence-corrected chi connectivity index (χ2v) is 10.1. The molecule has 0 aliphatic heterocycles. The average Bonchev–Trinajstić information content (AvgIpc) is 3.29. The summed E-state index contributed by atoms with van der Waals surface area (Å²) < 4.78 is 55.6. The minimum Gasteiger partial charge on any atom is -0.289 e. The SMILES string of the molecule is O=C1c2ccccc2-c2nn(C(=O)c3cccc(NS(=O)(=O)c4ccc(F)c(F)c4)c3)c3cccc1c23. The van der Waals surface area contributed by atoms with Crippen molar-refractivity contribution in [1.29, 1.82) is 0 Å². The third-order valence-corrected chi connectivity index (χ3v) is 7.51. The number of carbonyl (C=O) groups is 2. The van der Waals surface area contributed by atoms with E-state index in [1.165, 1.54) is 28.9 Å². The van der Waals surface area contributed by atoms with Gasteiger partial charge in [-0.15, -0.1) is 0 Å². The zero-order chi connectivity index (χ0) is 25.9. The molecule has 1 aliphatic carbocycles. The first kappa shape index (κ1) is 22.7. The van der Waals surface area contributed by atoms with E-state index in [1.807, 2.05) is 0 Å². The summed E-state index contributed by atoms with van der Waals surface area (Å²) in [6.07, 6.45) is 0. The van der Waals surface area contributed by atoms with Crippen LogP contribution in [0.3, 0.4) is 0 Å². The van der Waals surface area contributed by atoms with Gasteiger partial charge in [0.2, 0.25) is 0 Å². The Kier molecular flexibility index (Phi) is 5.02. The number of hydrogen-bond donors (Lipinski definition) is 1. The molecule has 0 fully saturated rings. The monoisotopic (exact) mass is 515 g/mol. The predicted molar refractivity (Wildman–Crippen MR) is 132 cm³/mol. The molecule has 4 aromatic carbocycles. The van der Waals surface area contributed by atoms with Gasteiger partial charge in [-0.3, -0.25) is 14.3 Å². The van der Waals surface area contributed by atoms with Gasteiger partial charge in [0.15, 0.2) is 17.4 Å². The number of hydrogen-bond acceptors (Lipinski definition) is 5. The molecule has 0 bridgehead atoms. The van der Waals surface area contributed by atoms with Gasteiger partial charge in [-0.1, -0.05) is 42.5 Å². The van der Waals surface area contributed by atoms with E-state index >= 15 is 0 Å². The summed E-state index contributed by atoms with van der Waals surface area (Å²) >= 11 is 0. The largest absolute Gasteiger partial charge is 0.289 e. The van der Waals surface area contributed by atoms with Crippen LogP contribution in [0.25, 0.3) is 22.2 Å². The first-order valence-electron chi connectivity index (χ1n) is 11.0. The highest BCUT2D eigenvalue weighted by atomic mass is 32.2. The molecule has 182 valence electrons. The Morgan fingerprint density at radius 2 is 1.54 bits per heavy atom. The fourth-order valence-electron chi connectivity index (χ4n) is 4.43. The molecule has 7 nitrogen and oxygen atoms in total. The van der Waals surface area contributed by atoms with Crippen LogP contribution < -0.4 is 4.72 Å². The topological polar surface area (TPSA) is 98.1 Å². The molecule has 5 aromatic rings. The van der Waals surface area contributed by atoms with Gasteiger partial charge < -0.3 is 0 Å². The third kappa shape index (κ3) is 3.61. The van der Waals surface area contributed by atoms with Crippen LogP contribution in [0.1, 0.15) is 26.3 Å². The number of benzene rings is 4. The predicted octanol–water partition coefficient (Wildman–Crippen LogP) is 5.02. The number of nitrogens with zero attached hydrogens (tertiary/aromatic N) is 2. The van der Waals surface area contributed by atoms with Crippen molar-refractivity contribution in [2.45, 2.75) is 4.90 Å². The van der Waals surface area contributed by atoms with Crippen molar-refractivity contribution in [3.8, 4) is 11.3 Å². The Bertz CT molecular complexity index is 1900. The lowest BCUT2D eigenvalue weighted by Gasteiger charge is -2.13. The fraction of sp³-hybridized carbons (Fsp3) is 0. The van der Waals surface area contributed by atoms with Gasteiger partial charge in [0, 0.05) is 33.3 Å². The van der Waals surface area contributed by atoms with E-state index in [4.69, 9.17) is 0 Å². The van der Waals surface area contributed by atoms with E-state index < -0.39 is 32.5 Å². The van der Waals surface area contributed by atoms with Crippen LogP contribution in [-0.4, -0.2) is 29.9 Å². The quantitative estimate of drug-likeness (QED) is 0.356. The molecule has 0 amide bonds. The van der Waals surface area contributed by atoms with Gasteiger partial charge in [-0.25, -0.2) is 17.2 Å². The number of carbonyl (C=O) groups excluding carboxylic acids is 2. The molecule has 6 rings (SSSR count). The Labute approximate surface area is 209 Å². The van der Waals surface area contributed by atoms with Crippen LogP contribution in [0.15, 0.2) is 89.8 Å². The Morgan fingerprint density at radius 1 is 0.811 bits per heavy atom. The number of halogens is 2. The first-order chi connectivity index (χ1) is 17.7. The molecule has 0 saturated carbocycles. The third-order valence-electron chi connectivity index (χ3n) is 6.13. The Balaban J connectivity index is 1.40. The lowest BCUT2D eigenvalue weighted by molar-refractivity contribution is 0.0950. The van der Waals surface area contributed by atoms with Crippen molar-refractivity contribution in [3.63, 3.8) is 0 Å². The van der Waals surface area contributed by atoms with Gasteiger partial charge >= 0.3 is 0 Å². The molecule has 0 saturated heterocycles. The second-order valence-electron chi connectivity index (χ2n) is 8.40. The highest BCUT2D eigenvalue weighted by Gasteiger charge is 2.30. The highest BCUT2D eigenvalue weighted by Crippen LogP contribution is 2.38. The van der Waals surface area contributed by atoms with Crippen LogP contribution >= 0.6 is 0 Å². The minimum atomic E-state index is -4.26. The van der Waals surface area contributed by atoms with Crippen LogP contribution in [0.4, 0.5) is 14.5 Å². The zero-order valence-electron chi connectivity index (χ0n) is 18.8. The van der Waals surface area contributed by atoms with Crippen molar-refractivity contribution in [3.05, 3.63) is 113 Å². The van der Waals surface area contributed by atoms with Crippen molar-refractivity contribution in [2.24, 2.45) is 0 Å². The summed E-state index contributed by atoms with van der Waals surface area (Å²) in [5.41, 5.74) is 2.66. The van der Waals surface area contributed by atoms with E-state index in [-0.39, 0.29) is 17.0 Å². The molecule has 1 aliphatic rings. The summed E-state index contributed by atoms with van der Waals surface area (Å²) in [4.78, 5) is 26.1.